The average Bonchev–Trinajstić information content (AvgIpc) is 2.34. The van der Waals surface area contributed by atoms with Crippen LogP contribution < -0.4 is 119 Å². The van der Waals surface area contributed by atoms with E-state index in [1.165, 1.54) is 12.3 Å². The standard InChI is InChI=1S/C4H5N3O.CH2O3.2K/c5-4(8)3-1-2-6-7-3;2-1(3)4;;/h1-2H,(H2,5,8)(H,6,7);(H2,2,3,4);;/q;;2*+1/p-2. The fourth-order valence-electron chi connectivity index (χ4n) is 0.393. The Hall–Kier alpha value is 1.22. The molecule has 3 N–H and O–H groups in total. The molecule has 0 aliphatic rings. The number of H-pyrrole nitrogens is 1. The predicted octanol–water partition coefficient (Wildman–Crippen LogP) is -8.93. The molecule has 0 bridgehead atoms. The summed E-state index contributed by atoms with van der Waals surface area (Å²) in [7, 11) is 0. The molecule has 1 aromatic heterocycles. The molecule has 1 amide bonds. The molecule has 1 aromatic rings. The summed E-state index contributed by atoms with van der Waals surface area (Å²) in [6.45, 7) is 0. The summed E-state index contributed by atoms with van der Waals surface area (Å²) in [5.74, 6) is -0.484. The Morgan fingerprint density at radius 3 is 1.93 bits per heavy atom. The number of hydrogen-bond acceptors (Lipinski definition) is 5. The van der Waals surface area contributed by atoms with Gasteiger partial charge in [0.1, 0.15) is 5.69 Å². The first-order valence-corrected chi connectivity index (χ1v) is 2.71. The SMILES string of the molecule is NC(=O)c1ccn[nH]1.O=C([O-])[O-].[K+].[K+]. The van der Waals surface area contributed by atoms with Crippen molar-refractivity contribution < 1.29 is 123 Å². The zero-order valence-corrected chi connectivity index (χ0v) is 14.1. The number of carbonyl (C=O) groups excluding carboxylic acids is 2. The summed E-state index contributed by atoms with van der Waals surface area (Å²) in [4.78, 5) is 18.5. The zero-order chi connectivity index (χ0) is 9.56. The van der Waals surface area contributed by atoms with E-state index in [0.717, 1.165) is 0 Å². The third kappa shape index (κ3) is 13.2. The van der Waals surface area contributed by atoms with Crippen LogP contribution in [-0.4, -0.2) is 22.3 Å². The van der Waals surface area contributed by atoms with Gasteiger partial charge in [0.05, 0.1) is 0 Å². The number of amides is 1. The van der Waals surface area contributed by atoms with Gasteiger partial charge >= 0.3 is 103 Å². The summed E-state index contributed by atoms with van der Waals surface area (Å²) in [5.41, 5.74) is 5.19. The van der Waals surface area contributed by atoms with Gasteiger partial charge in [-0.3, -0.25) is 9.89 Å². The molecular weight excluding hydrogens is 244 g/mol. The number of carboxylic acid groups (broad SMARTS) is 2. The van der Waals surface area contributed by atoms with Gasteiger partial charge in [0.15, 0.2) is 0 Å². The summed E-state index contributed by atoms with van der Waals surface area (Å²) in [5, 5.41) is 22.6. The van der Waals surface area contributed by atoms with E-state index in [1.54, 1.807) is 0 Å². The molecule has 0 radical (unpaired) electrons. The van der Waals surface area contributed by atoms with Crippen LogP contribution in [0.4, 0.5) is 4.79 Å². The number of nitrogens with zero attached hydrogens (tertiary/aromatic N) is 1. The molecule has 0 aliphatic heterocycles. The maximum absolute atomic E-state index is 10.2. The first kappa shape index (κ1) is 20.6. The predicted molar refractivity (Wildman–Crippen MR) is 32.5 cm³/mol. The van der Waals surface area contributed by atoms with Gasteiger partial charge in [-0.2, -0.15) is 5.10 Å². The van der Waals surface area contributed by atoms with E-state index in [1.807, 2.05) is 0 Å². The smallest absolute Gasteiger partial charge is 0.652 e. The topological polar surface area (TPSA) is 135 Å². The molecule has 0 saturated carbocycles. The van der Waals surface area contributed by atoms with E-state index < -0.39 is 12.1 Å². The van der Waals surface area contributed by atoms with Crippen molar-refractivity contribution in [3.63, 3.8) is 0 Å². The van der Waals surface area contributed by atoms with Gasteiger partial charge in [0.25, 0.3) is 5.91 Å². The monoisotopic (exact) mass is 249 g/mol. The maximum atomic E-state index is 10.2. The minimum absolute atomic E-state index is 0. The second-order valence-electron chi connectivity index (χ2n) is 1.58. The van der Waals surface area contributed by atoms with Crippen LogP contribution in [0.3, 0.4) is 0 Å². The average molecular weight is 249 g/mol. The minimum atomic E-state index is -2.33. The second kappa shape index (κ2) is 12.3. The Kier molecular flexibility index (Phi) is 18.1. The Morgan fingerprint density at radius 2 is 1.79 bits per heavy atom. The van der Waals surface area contributed by atoms with Gasteiger partial charge in [-0.05, 0) is 12.2 Å². The van der Waals surface area contributed by atoms with Gasteiger partial charge in [-0.1, -0.05) is 0 Å². The van der Waals surface area contributed by atoms with Gasteiger partial charge in [0.2, 0.25) is 0 Å². The van der Waals surface area contributed by atoms with Crippen LogP contribution in [0.25, 0.3) is 0 Å². The molecule has 0 atom stereocenters. The summed E-state index contributed by atoms with van der Waals surface area (Å²) in [6, 6.07) is 1.52. The third-order valence-electron chi connectivity index (χ3n) is 0.766. The van der Waals surface area contributed by atoms with Crippen molar-refractivity contribution in [3.05, 3.63) is 18.0 Å². The molecule has 0 aliphatic carbocycles. The van der Waals surface area contributed by atoms with Crippen LogP contribution in [-0.2, 0) is 0 Å². The van der Waals surface area contributed by atoms with Crippen molar-refractivity contribution in [2.24, 2.45) is 5.73 Å². The molecule has 0 unspecified atom stereocenters. The van der Waals surface area contributed by atoms with Crippen LogP contribution >= 0.6 is 0 Å². The first-order chi connectivity index (χ1) is 5.54. The van der Waals surface area contributed by atoms with Gasteiger partial charge in [0, 0.05) is 6.20 Å². The van der Waals surface area contributed by atoms with Crippen LogP contribution in [0.15, 0.2) is 12.3 Å². The molecule has 14 heavy (non-hydrogen) atoms. The molecule has 0 spiro atoms. The van der Waals surface area contributed by atoms with E-state index in [-0.39, 0.29) is 103 Å². The number of aromatic amines is 1. The quantitative estimate of drug-likeness (QED) is 0.476. The fraction of sp³-hybridized carbons (Fsp3) is 0. The van der Waals surface area contributed by atoms with Crippen molar-refractivity contribution in [1.29, 1.82) is 0 Å². The number of rotatable bonds is 1. The third-order valence-corrected chi connectivity index (χ3v) is 0.766. The van der Waals surface area contributed by atoms with Gasteiger partial charge in [-0.25, -0.2) is 0 Å². The molecule has 0 saturated heterocycles. The Bertz CT molecular complexity index is 260. The first-order valence-electron chi connectivity index (χ1n) is 2.71. The molecule has 1 rings (SSSR count). The van der Waals surface area contributed by atoms with Crippen LogP contribution in [0.5, 0.6) is 0 Å². The molecular formula is C5H5K2N3O4. The number of primary amides is 1. The summed E-state index contributed by atoms with van der Waals surface area (Å²) >= 11 is 0. The van der Waals surface area contributed by atoms with Crippen molar-refractivity contribution in [2.45, 2.75) is 0 Å². The van der Waals surface area contributed by atoms with Crippen molar-refractivity contribution in [1.82, 2.24) is 10.2 Å². The summed E-state index contributed by atoms with van der Waals surface area (Å²) in [6.07, 6.45) is -0.861. The number of hydrogen-bond donors (Lipinski definition) is 2. The van der Waals surface area contributed by atoms with E-state index >= 15 is 0 Å². The summed E-state index contributed by atoms with van der Waals surface area (Å²) < 4.78 is 0. The van der Waals surface area contributed by atoms with E-state index in [9.17, 15) is 4.79 Å². The van der Waals surface area contributed by atoms with E-state index in [4.69, 9.17) is 20.7 Å². The van der Waals surface area contributed by atoms with E-state index in [2.05, 4.69) is 10.2 Å². The number of aromatic nitrogens is 2. The van der Waals surface area contributed by atoms with Crippen LogP contribution in [0, 0.1) is 0 Å². The molecule has 9 heteroatoms. The number of nitrogens with one attached hydrogen (secondary N) is 1. The van der Waals surface area contributed by atoms with Gasteiger partial charge < -0.3 is 20.7 Å². The van der Waals surface area contributed by atoms with Crippen molar-refractivity contribution in [3.8, 4) is 0 Å². The van der Waals surface area contributed by atoms with Crippen LogP contribution in [0.2, 0.25) is 0 Å². The van der Waals surface area contributed by atoms with Crippen molar-refractivity contribution >= 4 is 12.1 Å². The zero-order valence-electron chi connectivity index (χ0n) is 7.81. The second-order valence-corrected chi connectivity index (χ2v) is 1.58. The largest absolute Gasteiger partial charge is 1.00 e. The van der Waals surface area contributed by atoms with E-state index in [0.29, 0.717) is 5.69 Å². The maximum Gasteiger partial charge on any atom is 1.00 e. The Labute approximate surface area is 165 Å². The molecule has 0 aromatic carbocycles. The fourth-order valence-corrected chi connectivity index (χ4v) is 0.393. The molecule has 1 heterocycles. The number of carbonyl (C=O) groups is 2. The minimum Gasteiger partial charge on any atom is -0.652 e. The molecule has 66 valence electrons. The Morgan fingerprint density at radius 1 is 1.36 bits per heavy atom. The van der Waals surface area contributed by atoms with Crippen LogP contribution in [0.1, 0.15) is 10.5 Å². The molecule has 7 nitrogen and oxygen atoms in total. The normalized spacial score (nSPS) is 6.86. The molecule has 0 fully saturated rings. The van der Waals surface area contributed by atoms with Gasteiger partial charge in [-0.15, -0.1) is 0 Å². The number of nitrogens with two attached hydrogens (primary N) is 1. The van der Waals surface area contributed by atoms with Crippen molar-refractivity contribution in [2.75, 3.05) is 0 Å². The Balaban J connectivity index is -0.000000180.